The van der Waals surface area contributed by atoms with Crippen molar-refractivity contribution in [3.8, 4) is 11.4 Å². The fourth-order valence-electron chi connectivity index (χ4n) is 3.69. The number of nitrogens with zero attached hydrogens (tertiary/aromatic N) is 3. The fraction of sp³-hybridized carbons (Fsp3) is 0.130. The average Bonchev–Trinajstić information content (AvgIpc) is 2.82. The Morgan fingerprint density at radius 1 is 1.15 bits per heavy atom. The van der Waals surface area contributed by atoms with E-state index in [9.17, 15) is 14.9 Å². The predicted octanol–water partition coefficient (Wildman–Crippen LogP) is 5.11. The Hall–Kier alpha value is -3.40. The number of hydrogen-bond donors (Lipinski definition) is 0. The van der Waals surface area contributed by atoms with Crippen molar-refractivity contribution < 1.29 is 14.4 Å². The van der Waals surface area contributed by atoms with Gasteiger partial charge in [-0.2, -0.15) is 0 Å². The summed E-state index contributed by atoms with van der Waals surface area (Å²) in [5, 5.41) is 12.8. The van der Waals surface area contributed by atoms with Gasteiger partial charge in [0, 0.05) is 34.0 Å². The lowest BCUT2D eigenvalue weighted by molar-refractivity contribution is -0.385. The van der Waals surface area contributed by atoms with Crippen LogP contribution in [-0.4, -0.2) is 21.3 Å². The highest BCUT2D eigenvalue weighted by Crippen LogP contribution is 2.36. The van der Waals surface area contributed by atoms with Crippen LogP contribution >= 0.6 is 23.4 Å². The Morgan fingerprint density at radius 2 is 2.00 bits per heavy atom. The Labute approximate surface area is 196 Å². The molecule has 0 N–H and O–H groups in total. The molecule has 0 spiro atoms. The Bertz CT molecular complexity index is 1460. The molecule has 0 amide bonds. The maximum absolute atomic E-state index is 13.4. The topological polar surface area (TPSA) is 96.5 Å². The van der Waals surface area contributed by atoms with E-state index in [4.69, 9.17) is 26.1 Å². The number of nitro groups is 1. The molecule has 2 heterocycles. The Kier molecular flexibility index (Phi) is 5.76. The van der Waals surface area contributed by atoms with Crippen molar-refractivity contribution in [3.05, 3.63) is 97.3 Å². The minimum atomic E-state index is -0.445. The maximum atomic E-state index is 13.4. The zero-order valence-corrected chi connectivity index (χ0v) is 18.6. The second kappa shape index (κ2) is 8.86. The number of nitro benzene ring substituents is 1. The number of halogens is 1. The molecule has 0 saturated carbocycles. The van der Waals surface area contributed by atoms with E-state index in [1.807, 2.05) is 6.07 Å². The summed E-state index contributed by atoms with van der Waals surface area (Å²) in [5.41, 5.74) is 2.12. The van der Waals surface area contributed by atoms with Crippen molar-refractivity contribution in [2.24, 2.45) is 0 Å². The third-order valence-electron chi connectivity index (χ3n) is 5.15. The monoisotopic (exact) mass is 481 g/mol. The van der Waals surface area contributed by atoms with Crippen molar-refractivity contribution >= 4 is 40.0 Å². The number of benzene rings is 3. The highest BCUT2D eigenvalue weighted by Gasteiger charge is 2.22. The first kappa shape index (κ1) is 21.4. The third-order valence-corrected chi connectivity index (χ3v) is 6.37. The highest BCUT2D eigenvalue weighted by molar-refractivity contribution is 7.98. The van der Waals surface area contributed by atoms with E-state index in [-0.39, 0.29) is 24.6 Å². The summed E-state index contributed by atoms with van der Waals surface area (Å²) < 4.78 is 12.4. The molecule has 0 unspecified atom stereocenters. The summed E-state index contributed by atoms with van der Waals surface area (Å²) in [5.74, 6) is 0.867. The van der Waals surface area contributed by atoms with Crippen LogP contribution in [0.4, 0.5) is 5.69 Å². The molecule has 8 nitrogen and oxygen atoms in total. The van der Waals surface area contributed by atoms with Crippen LogP contribution in [0.1, 0.15) is 11.1 Å². The minimum absolute atomic E-state index is 0.0443. The first-order valence-electron chi connectivity index (χ1n) is 9.92. The Balaban J connectivity index is 1.62. The van der Waals surface area contributed by atoms with E-state index in [1.54, 1.807) is 42.5 Å². The molecule has 0 radical (unpaired) electrons. The lowest BCUT2D eigenvalue weighted by Crippen LogP contribution is -2.21. The van der Waals surface area contributed by atoms with Gasteiger partial charge in [0.15, 0.2) is 11.9 Å². The predicted molar refractivity (Wildman–Crippen MR) is 125 cm³/mol. The number of thioether (sulfide) groups is 1. The smallest absolute Gasteiger partial charge is 0.270 e. The molecule has 0 atom stereocenters. The standard InChI is InChI=1S/C23H16ClN3O5S/c24-16-4-3-5-17(10-16)26-22(28)19-6-1-2-7-20(19)25-23(26)33-12-15-9-18(27(29)30)8-14-11-31-13-32-21(14)15/h1-10H,11-13H2. The summed E-state index contributed by atoms with van der Waals surface area (Å²) in [6.45, 7) is 0.306. The van der Waals surface area contributed by atoms with Crippen LogP contribution in [0.15, 0.2) is 70.6 Å². The van der Waals surface area contributed by atoms with Crippen molar-refractivity contribution in [2.75, 3.05) is 6.79 Å². The maximum Gasteiger partial charge on any atom is 0.270 e. The third kappa shape index (κ3) is 4.18. The van der Waals surface area contributed by atoms with Crippen LogP contribution in [-0.2, 0) is 17.1 Å². The normalized spacial score (nSPS) is 12.9. The first-order chi connectivity index (χ1) is 16.0. The van der Waals surface area contributed by atoms with Gasteiger partial charge in [-0.15, -0.1) is 0 Å². The number of aromatic nitrogens is 2. The van der Waals surface area contributed by atoms with Gasteiger partial charge in [0.1, 0.15) is 5.75 Å². The molecule has 0 aliphatic carbocycles. The minimum Gasteiger partial charge on any atom is -0.467 e. The van der Waals surface area contributed by atoms with Gasteiger partial charge in [0.2, 0.25) is 0 Å². The summed E-state index contributed by atoms with van der Waals surface area (Å²) in [7, 11) is 0. The van der Waals surface area contributed by atoms with Crippen LogP contribution in [0.25, 0.3) is 16.6 Å². The van der Waals surface area contributed by atoms with E-state index in [1.165, 1.54) is 28.5 Å². The van der Waals surface area contributed by atoms with E-state index in [0.29, 0.717) is 49.4 Å². The largest absolute Gasteiger partial charge is 0.467 e. The molecule has 4 aromatic rings. The SMILES string of the molecule is O=c1c2ccccc2nc(SCc2cc([N+](=O)[O-])cc3c2OCOC3)n1-c1cccc(Cl)c1. The summed E-state index contributed by atoms with van der Waals surface area (Å²) in [6, 6.07) is 17.0. The van der Waals surface area contributed by atoms with Crippen LogP contribution in [0, 0.1) is 10.1 Å². The number of hydrogen-bond acceptors (Lipinski definition) is 7. The highest BCUT2D eigenvalue weighted by atomic mass is 35.5. The molecule has 1 aliphatic heterocycles. The van der Waals surface area contributed by atoms with Crippen molar-refractivity contribution in [1.82, 2.24) is 9.55 Å². The molecule has 3 aromatic carbocycles. The molecule has 1 aromatic heterocycles. The molecule has 10 heteroatoms. The lowest BCUT2D eigenvalue weighted by atomic mass is 10.1. The van der Waals surface area contributed by atoms with Gasteiger partial charge in [-0.25, -0.2) is 4.98 Å². The van der Waals surface area contributed by atoms with Gasteiger partial charge >= 0.3 is 0 Å². The first-order valence-corrected chi connectivity index (χ1v) is 11.3. The van der Waals surface area contributed by atoms with E-state index >= 15 is 0 Å². The fourth-order valence-corrected chi connectivity index (χ4v) is 4.85. The molecular weight excluding hydrogens is 466 g/mol. The van der Waals surface area contributed by atoms with E-state index in [0.717, 1.165) is 0 Å². The number of para-hydroxylation sites is 1. The van der Waals surface area contributed by atoms with Gasteiger partial charge in [-0.3, -0.25) is 19.5 Å². The molecule has 33 heavy (non-hydrogen) atoms. The summed E-state index contributed by atoms with van der Waals surface area (Å²) in [4.78, 5) is 29.1. The molecule has 5 rings (SSSR count). The lowest BCUT2D eigenvalue weighted by Gasteiger charge is -2.20. The average molecular weight is 482 g/mol. The summed E-state index contributed by atoms with van der Waals surface area (Å²) in [6.07, 6.45) is 0. The molecule has 0 bridgehead atoms. The van der Waals surface area contributed by atoms with Gasteiger partial charge in [0.05, 0.1) is 28.1 Å². The number of ether oxygens (including phenoxy) is 2. The molecular formula is C23H16ClN3O5S. The zero-order chi connectivity index (χ0) is 22.9. The van der Waals surface area contributed by atoms with Crippen molar-refractivity contribution in [2.45, 2.75) is 17.5 Å². The quantitative estimate of drug-likeness (QED) is 0.169. The summed E-state index contributed by atoms with van der Waals surface area (Å²) >= 11 is 7.47. The van der Waals surface area contributed by atoms with Gasteiger partial charge in [-0.1, -0.05) is 41.6 Å². The van der Waals surface area contributed by atoms with Crippen LogP contribution in [0.5, 0.6) is 5.75 Å². The van der Waals surface area contributed by atoms with Crippen molar-refractivity contribution in [3.63, 3.8) is 0 Å². The van der Waals surface area contributed by atoms with Crippen LogP contribution in [0.2, 0.25) is 5.02 Å². The second-order valence-electron chi connectivity index (χ2n) is 7.28. The molecule has 0 saturated heterocycles. The van der Waals surface area contributed by atoms with E-state index in [2.05, 4.69) is 0 Å². The number of non-ortho nitro benzene ring substituents is 1. The van der Waals surface area contributed by atoms with Crippen LogP contribution < -0.4 is 10.3 Å². The van der Waals surface area contributed by atoms with E-state index < -0.39 is 4.92 Å². The van der Waals surface area contributed by atoms with Gasteiger partial charge < -0.3 is 9.47 Å². The van der Waals surface area contributed by atoms with Gasteiger partial charge in [0.25, 0.3) is 11.2 Å². The van der Waals surface area contributed by atoms with Gasteiger partial charge in [-0.05, 0) is 30.3 Å². The van der Waals surface area contributed by atoms with Crippen molar-refractivity contribution in [1.29, 1.82) is 0 Å². The molecule has 166 valence electrons. The molecule has 0 fully saturated rings. The van der Waals surface area contributed by atoms with Crippen LogP contribution in [0.3, 0.4) is 0 Å². The Morgan fingerprint density at radius 3 is 2.82 bits per heavy atom. The second-order valence-corrected chi connectivity index (χ2v) is 8.66. The molecule has 1 aliphatic rings. The number of rotatable bonds is 5. The number of fused-ring (bicyclic) bond motifs is 2. The zero-order valence-electron chi connectivity index (χ0n) is 17.1.